The fraction of sp³-hybridized carbons (Fsp3) is 0.464. The Hall–Kier alpha value is -2.70. The summed E-state index contributed by atoms with van der Waals surface area (Å²) in [6, 6.07) is 9.43. The van der Waals surface area contributed by atoms with Crippen LogP contribution in [0.5, 0.6) is 0 Å². The first-order valence-corrected chi connectivity index (χ1v) is 12.9. The minimum atomic E-state index is -0.301. The third-order valence-electron chi connectivity index (χ3n) is 7.53. The lowest BCUT2D eigenvalue weighted by Gasteiger charge is -2.27. The average Bonchev–Trinajstić information content (AvgIpc) is 3.17. The Balaban J connectivity index is 1.60. The molecule has 6 nitrogen and oxygen atoms in total. The molecule has 0 saturated carbocycles. The summed E-state index contributed by atoms with van der Waals surface area (Å²) in [5.41, 5.74) is 5.16. The van der Waals surface area contributed by atoms with E-state index in [0.717, 1.165) is 60.0 Å². The van der Waals surface area contributed by atoms with E-state index < -0.39 is 0 Å². The Bertz CT molecular complexity index is 1190. The number of halogens is 1. The van der Waals surface area contributed by atoms with E-state index in [1.165, 1.54) is 6.42 Å². The van der Waals surface area contributed by atoms with Crippen LogP contribution in [0.2, 0.25) is 5.02 Å². The van der Waals surface area contributed by atoms with Crippen molar-refractivity contribution in [3.8, 4) is 11.3 Å². The Morgan fingerprint density at radius 2 is 1.91 bits per heavy atom. The second kappa shape index (κ2) is 10.9. The molecule has 1 saturated heterocycles. The quantitative estimate of drug-likeness (QED) is 0.377. The monoisotopic (exact) mass is 494 g/mol. The number of piperidine rings is 1. The molecule has 7 heteroatoms. The highest BCUT2D eigenvalue weighted by atomic mass is 35.5. The Kier molecular flexibility index (Phi) is 7.92. The SMILES string of the molecule is Cc1[nH]c(C(=O)C(C)C(C)[C@H](CO)c2cccc(Cl)c2)c(C)c1-c1ccnc(N2CCCCC2)n1. The van der Waals surface area contributed by atoms with E-state index in [9.17, 15) is 9.90 Å². The first kappa shape index (κ1) is 25.4. The molecule has 3 atom stereocenters. The molecule has 2 unspecified atom stereocenters. The number of ketones is 1. The summed E-state index contributed by atoms with van der Waals surface area (Å²) in [7, 11) is 0. The number of benzene rings is 1. The third-order valence-corrected chi connectivity index (χ3v) is 7.77. The first-order chi connectivity index (χ1) is 16.8. The van der Waals surface area contributed by atoms with Gasteiger partial charge in [-0.2, -0.15) is 0 Å². The number of nitrogens with zero attached hydrogens (tertiary/aromatic N) is 3. The molecule has 1 aromatic carbocycles. The Morgan fingerprint density at radius 1 is 1.17 bits per heavy atom. The summed E-state index contributed by atoms with van der Waals surface area (Å²) in [4.78, 5) is 28.6. The van der Waals surface area contributed by atoms with Gasteiger partial charge in [0.15, 0.2) is 5.78 Å². The summed E-state index contributed by atoms with van der Waals surface area (Å²) in [5.74, 6) is 0.226. The number of aromatic nitrogens is 3. The largest absolute Gasteiger partial charge is 0.396 e. The number of Topliss-reactive ketones (excluding diaryl/α,β-unsaturated/α-hetero) is 1. The van der Waals surface area contributed by atoms with Crippen molar-refractivity contribution in [3.63, 3.8) is 0 Å². The van der Waals surface area contributed by atoms with Gasteiger partial charge >= 0.3 is 0 Å². The second-order valence-electron chi connectivity index (χ2n) is 9.77. The third kappa shape index (κ3) is 5.29. The number of aryl methyl sites for hydroxylation is 1. The molecule has 1 aliphatic heterocycles. The number of aromatic amines is 1. The number of aliphatic hydroxyl groups is 1. The first-order valence-electron chi connectivity index (χ1n) is 12.5. The van der Waals surface area contributed by atoms with Crippen LogP contribution in [0.15, 0.2) is 36.5 Å². The van der Waals surface area contributed by atoms with Crippen LogP contribution in [0.4, 0.5) is 5.95 Å². The lowest BCUT2D eigenvalue weighted by molar-refractivity contribution is 0.0857. The van der Waals surface area contributed by atoms with Crippen molar-refractivity contribution < 1.29 is 9.90 Å². The van der Waals surface area contributed by atoms with Crippen LogP contribution in [0.1, 0.15) is 66.3 Å². The zero-order valence-corrected chi connectivity index (χ0v) is 21.8. The smallest absolute Gasteiger partial charge is 0.225 e. The van der Waals surface area contributed by atoms with Crippen molar-refractivity contribution in [2.24, 2.45) is 11.8 Å². The lowest BCUT2D eigenvalue weighted by atomic mass is 9.77. The number of nitrogens with one attached hydrogen (secondary N) is 1. The van der Waals surface area contributed by atoms with Crippen LogP contribution in [0.3, 0.4) is 0 Å². The molecule has 3 heterocycles. The standard InChI is InChI=1S/C28H35ClN4O2/c1-17(23(16-34)21-9-8-10-22(29)15-21)18(2)27(35)26-19(3)25(20(4)31-26)24-11-12-30-28(32-24)33-13-6-5-7-14-33/h8-12,15,17-18,23,31,34H,5-7,13-14,16H2,1-4H3/t17?,18?,23-/m0/s1. The molecule has 0 aliphatic carbocycles. The highest BCUT2D eigenvalue weighted by molar-refractivity contribution is 6.30. The van der Waals surface area contributed by atoms with Crippen LogP contribution in [-0.4, -0.2) is 45.5 Å². The maximum atomic E-state index is 13.7. The molecule has 35 heavy (non-hydrogen) atoms. The van der Waals surface area contributed by atoms with E-state index in [1.807, 2.05) is 58.0 Å². The molecular weight excluding hydrogens is 460 g/mol. The predicted molar refractivity (Wildman–Crippen MR) is 141 cm³/mol. The van der Waals surface area contributed by atoms with Gasteiger partial charge in [-0.05, 0) is 68.4 Å². The molecular formula is C28H35ClN4O2. The molecule has 2 aromatic heterocycles. The van der Waals surface area contributed by atoms with Crippen LogP contribution in [-0.2, 0) is 0 Å². The number of H-pyrrole nitrogens is 1. The van der Waals surface area contributed by atoms with Gasteiger partial charge in [-0.25, -0.2) is 9.97 Å². The summed E-state index contributed by atoms with van der Waals surface area (Å²) < 4.78 is 0. The van der Waals surface area contributed by atoms with Crippen molar-refractivity contribution in [3.05, 3.63) is 64.1 Å². The molecule has 1 fully saturated rings. The van der Waals surface area contributed by atoms with Crippen molar-refractivity contribution in [2.75, 3.05) is 24.6 Å². The maximum absolute atomic E-state index is 13.7. The van der Waals surface area contributed by atoms with Crippen molar-refractivity contribution in [2.45, 2.75) is 52.9 Å². The maximum Gasteiger partial charge on any atom is 0.225 e. The van der Waals surface area contributed by atoms with Gasteiger partial charge in [-0.1, -0.05) is 37.6 Å². The van der Waals surface area contributed by atoms with Gasteiger partial charge in [0.1, 0.15) is 0 Å². The van der Waals surface area contributed by atoms with Crippen LogP contribution < -0.4 is 4.90 Å². The number of hydrogen-bond donors (Lipinski definition) is 2. The summed E-state index contributed by atoms with van der Waals surface area (Å²) in [6.07, 6.45) is 5.38. The van der Waals surface area contributed by atoms with E-state index in [2.05, 4.69) is 14.9 Å². The van der Waals surface area contributed by atoms with Crippen LogP contribution >= 0.6 is 11.6 Å². The second-order valence-corrected chi connectivity index (χ2v) is 10.2. The fourth-order valence-electron chi connectivity index (χ4n) is 5.24. The van der Waals surface area contributed by atoms with Gasteiger partial charge in [-0.15, -0.1) is 0 Å². The van der Waals surface area contributed by atoms with Crippen molar-refractivity contribution in [1.82, 2.24) is 15.0 Å². The van der Waals surface area contributed by atoms with E-state index in [-0.39, 0.29) is 30.1 Å². The van der Waals surface area contributed by atoms with E-state index in [4.69, 9.17) is 16.6 Å². The van der Waals surface area contributed by atoms with Crippen molar-refractivity contribution >= 4 is 23.3 Å². The molecule has 0 spiro atoms. The molecule has 1 aliphatic rings. The summed E-state index contributed by atoms with van der Waals surface area (Å²) >= 11 is 6.18. The van der Waals surface area contributed by atoms with E-state index in [0.29, 0.717) is 10.7 Å². The van der Waals surface area contributed by atoms with E-state index >= 15 is 0 Å². The average molecular weight is 495 g/mol. The number of aliphatic hydroxyl groups excluding tert-OH is 1. The minimum absolute atomic E-state index is 0.0372. The number of rotatable bonds is 8. The number of hydrogen-bond acceptors (Lipinski definition) is 5. The van der Waals surface area contributed by atoms with Gasteiger partial charge in [0.25, 0.3) is 0 Å². The van der Waals surface area contributed by atoms with Gasteiger partial charge < -0.3 is 15.0 Å². The van der Waals surface area contributed by atoms with Gasteiger partial charge in [0.2, 0.25) is 5.95 Å². The zero-order chi connectivity index (χ0) is 25.1. The van der Waals surface area contributed by atoms with Gasteiger partial charge in [0.05, 0.1) is 18.0 Å². The minimum Gasteiger partial charge on any atom is -0.396 e. The molecule has 0 amide bonds. The summed E-state index contributed by atoms with van der Waals surface area (Å²) in [5, 5.41) is 10.8. The Morgan fingerprint density at radius 3 is 2.60 bits per heavy atom. The fourth-order valence-corrected chi connectivity index (χ4v) is 5.44. The van der Waals surface area contributed by atoms with Crippen molar-refractivity contribution in [1.29, 1.82) is 0 Å². The molecule has 2 N–H and O–H groups in total. The van der Waals surface area contributed by atoms with Crippen LogP contribution in [0.25, 0.3) is 11.3 Å². The zero-order valence-electron chi connectivity index (χ0n) is 21.0. The molecule has 3 aromatic rings. The summed E-state index contributed by atoms with van der Waals surface area (Å²) in [6.45, 7) is 9.83. The topological polar surface area (TPSA) is 82.1 Å². The molecule has 0 radical (unpaired) electrons. The molecule has 4 rings (SSSR count). The van der Waals surface area contributed by atoms with Gasteiger partial charge in [-0.3, -0.25) is 4.79 Å². The highest BCUT2D eigenvalue weighted by Crippen LogP contribution is 2.35. The number of anilines is 1. The molecule has 186 valence electrons. The molecule has 0 bridgehead atoms. The Labute approximate surface area is 212 Å². The van der Waals surface area contributed by atoms with Crippen LogP contribution in [0, 0.1) is 25.7 Å². The lowest BCUT2D eigenvalue weighted by Crippen LogP contribution is -2.31. The highest BCUT2D eigenvalue weighted by Gasteiger charge is 2.31. The predicted octanol–water partition coefficient (Wildman–Crippen LogP) is 5.96. The number of carbonyl (C=O) groups excluding carboxylic acids is 1. The van der Waals surface area contributed by atoms with E-state index in [1.54, 1.807) is 6.20 Å². The normalized spacial score (nSPS) is 16.7. The van der Waals surface area contributed by atoms with Gasteiger partial charge in [0, 0.05) is 47.4 Å². The number of carbonyl (C=O) groups is 1.